The molecule has 0 fully saturated rings. The van der Waals surface area contributed by atoms with Crippen molar-refractivity contribution in [2.45, 2.75) is 19.8 Å². The number of H-pyrrole nitrogens is 1. The molecule has 1 aromatic carbocycles. The number of benzene rings is 1. The molecule has 23 heavy (non-hydrogen) atoms. The van der Waals surface area contributed by atoms with Crippen LogP contribution in [0.15, 0.2) is 35.6 Å². The van der Waals surface area contributed by atoms with Gasteiger partial charge in [0.25, 0.3) is 5.69 Å². The van der Waals surface area contributed by atoms with Crippen molar-refractivity contribution < 1.29 is 14.8 Å². The highest BCUT2D eigenvalue weighted by molar-refractivity contribution is 6.07. The SMILES string of the molecule is CCC(=NN)c1c(-c2ccc([N+](=O)[O-])cc2)c[nH]c1CC(=O)O. The van der Waals surface area contributed by atoms with E-state index in [1.807, 2.05) is 6.92 Å². The lowest BCUT2D eigenvalue weighted by molar-refractivity contribution is -0.384. The number of aromatic nitrogens is 1. The van der Waals surface area contributed by atoms with Crippen molar-refractivity contribution in [1.29, 1.82) is 0 Å². The summed E-state index contributed by atoms with van der Waals surface area (Å²) in [7, 11) is 0. The molecule has 120 valence electrons. The summed E-state index contributed by atoms with van der Waals surface area (Å²) in [6.45, 7) is 1.86. The fourth-order valence-corrected chi connectivity index (χ4v) is 2.41. The Hall–Kier alpha value is -3.16. The van der Waals surface area contributed by atoms with Crippen molar-refractivity contribution in [2.75, 3.05) is 0 Å². The molecule has 4 N–H and O–H groups in total. The van der Waals surface area contributed by atoms with Gasteiger partial charge in [-0.25, -0.2) is 0 Å². The van der Waals surface area contributed by atoms with Gasteiger partial charge in [0.05, 0.1) is 17.1 Å². The van der Waals surface area contributed by atoms with Crippen LogP contribution in [0.5, 0.6) is 0 Å². The molecule has 0 aliphatic carbocycles. The summed E-state index contributed by atoms with van der Waals surface area (Å²) in [5.74, 6) is 4.45. The Labute approximate surface area is 131 Å². The third-order valence-electron chi connectivity index (χ3n) is 3.46. The third kappa shape index (κ3) is 3.37. The largest absolute Gasteiger partial charge is 0.481 e. The number of nitro benzene ring substituents is 1. The minimum absolute atomic E-state index is 0.0141. The summed E-state index contributed by atoms with van der Waals surface area (Å²) < 4.78 is 0. The fourth-order valence-electron chi connectivity index (χ4n) is 2.41. The van der Waals surface area contributed by atoms with Gasteiger partial charge in [0.15, 0.2) is 0 Å². The summed E-state index contributed by atoms with van der Waals surface area (Å²) in [4.78, 5) is 24.2. The molecule has 0 amide bonds. The number of rotatable bonds is 6. The van der Waals surface area contributed by atoms with E-state index in [4.69, 9.17) is 10.9 Å². The molecule has 1 heterocycles. The number of non-ortho nitro benzene ring substituents is 1. The van der Waals surface area contributed by atoms with E-state index in [0.717, 1.165) is 0 Å². The first kappa shape index (κ1) is 16.2. The molecule has 2 rings (SSSR count). The standard InChI is InChI=1S/C15H16N4O4/c1-2-12(18-16)15-11(8-17-13(15)7-14(20)21)9-3-5-10(6-4-9)19(22)23/h3-6,8,17H,2,7,16H2,1H3,(H,20,21). The van der Waals surface area contributed by atoms with Crippen LogP contribution in [0.25, 0.3) is 11.1 Å². The van der Waals surface area contributed by atoms with Gasteiger partial charge in [-0.1, -0.05) is 6.92 Å². The van der Waals surface area contributed by atoms with E-state index in [-0.39, 0.29) is 12.1 Å². The van der Waals surface area contributed by atoms with E-state index in [0.29, 0.717) is 34.5 Å². The van der Waals surface area contributed by atoms with Gasteiger partial charge in [0.2, 0.25) is 0 Å². The molecule has 0 radical (unpaired) electrons. The second kappa shape index (κ2) is 6.73. The van der Waals surface area contributed by atoms with Crippen LogP contribution in [-0.2, 0) is 11.2 Å². The molecule has 2 aromatic rings. The quantitative estimate of drug-likeness (QED) is 0.325. The molecule has 0 aliphatic heterocycles. The van der Waals surface area contributed by atoms with Gasteiger partial charge in [0.1, 0.15) is 0 Å². The lowest BCUT2D eigenvalue weighted by Crippen LogP contribution is -2.10. The van der Waals surface area contributed by atoms with E-state index in [1.165, 1.54) is 12.1 Å². The molecule has 0 saturated carbocycles. The van der Waals surface area contributed by atoms with Gasteiger partial charge in [0, 0.05) is 35.2 Å². The minimum Gasteiger partial charge on any atom is -0.481 e. The van der Waals surface area contributed by atoms with Crippen LogP contribution < -0.4 is 5.84 Å². The van der Waals surface area contributed by atoms with Crippen LogP contribution in [0.2, 0.25) is 0 Å². The van der Waals surface area contributed by atoms with Crippen LogP contribution >= 0.6 is 0 Å². The second-order valence-electron chi connectivity index (χ2n) is 4.86. The van der Waals surface area contributed by atoms with Gasteiger partial charge in [-0.2, -0.15) is 5.10 Å². The van der Waals surface area contributed by atoms with E-state index in [2.05, 4.69) is 10.1 Å². The molecule has 1 aromatic heterocycles. The van der Waals surface area contributed by atoms with Gasteiger partial charge in [-0.05, 0) is 24.1 Å². The summed E-state index contributed by atoms with van der Waals surface area (Å²) in [6.07, 6.45) is 2.00. The first-order valence-electron chi connectivity index (χ1n) is 6.91. The number of carbonyl (C=O) groups is 1. The van der Waals surface area contributed by atoms with Gasteiger partial charge >= 0.3 is 5.97 Å². The Morgan fingerprint density at radius 1 is 1.39 bits per heavy atom. The molecule has 8 nitrogen and oxygen atoms in total. The van der Waals surface area contributed by atoms with Crippen LogP contribution in [0.1, 0.15) is 24.6 Å². The van der Waals surface area contributed by atoms with Crippen molar-refractivity contribution in [3.63, 3.8) is 0 Å². The lowest BCUT2D eigenvalue weighted by Gasteiger charge is -2.08. The van der Waals surface area contributed by atoms with Crippen LogP contribution in [0, 0.1) is 10.1 Å². The van der Waals surface area contributed by atoms with E-state index >= 15 is 0 Å². The summed E-state index contributed by atoms with van der Waals surface area (Å²) >= 11 is 0. The number of nitrogens with zero attached hydrogens (tertiary/aromatic N) is 2. The van der Waals surface area contributed by atoms with Crippen LogP contribution in [0.4, 0.5) is 5.69 Å². The average molecular weight is 316 g/mol. The zero-order chi connectivity index (χ0) is 17.0. The Morgan fingerprint density at radius 3 is 2.52 bits per heavy atom. The van der Waals surface area contributed by atoms with Crippen molar-refractivity contribution >= 4 is 17.4 Å². The molecule has 0 saturated heterocycles. The monoisotopic (exact) mass is 316 g/mol. The molecule has 0 unspecified atom stereocenters. The number of hydrogen-bond acceptors (Lipinski definition) is 5. The summed E-state index contributed by atoms with van der Waals surface area (Å²) in [6, 6.07) is 6.01. The second-order valence-corrected chi connectivity index (χ2v) is 4.86. The first-order valence-corrected chi connectivity index (χ1v) is 6.91. The zero-order valence-electron chi connectivity index (χ0n) is 12.4. The zero-order valence-corrected chi connectivity index (χ0v) is 12.4. The molecule has 0 bridgehead atoms. The predicted octanol–water partition coefficient (Wildman–Crippen LogP) is 2.29. The highest BCUT2D eigenvalue weighted by Gasteiger charge is 2.19. The van der Waals surface area contributed by atoms with Gasteiger partial charge in [-0.15, -0.1) is 0 Å². The minimum atomic E-state index is -0.976. The highest BCUT2D eigenvalue weighted by atomic mass is 16.6. The van der Waals surface area contributed by atoms with Crippen molar-refractivity contribution in [3.8, 4) is 11.1 Å². The fraction of sp³-hybridized carbons (Fsp3) is 0.200. The number of carboxylic acid groups (broad SMARTS) is 1. The Kier molecular flexibility index (Phi) is 4.75. The Morgan fingerprint density at radius 2 is 2.04 bits per heavy atom. The Balaban J connectivity index is 2.55. The molecule has 0 spiro atoms. The maximum Gasteiger partial charge on any atom is 0.309 e. The van der Waals surface area contributed by atoms with E-state index in [1.54, 1.807) is 18.3 Å². The van der Waals surface area contributed by atoms with Crippen molar-refractivity contribution in [1.82, 2.24) is 4.98 Å². The Bertz CT molecular complexity index is 762. The number of carboxylic acids is 1. The lowest BCUT2D eigenvalue weighted by atomic mass is 9.97. The maximum absolute atomic E-state index is 11.0. The van der Waals surface area contributed by atoms with Crippen molar-refractivity contribution in [2.24, 2.45) is 10.9 Å². The maximum atomic E-state index is 11.0. The molecule has 0 aliphatic rings. The molecular formula is C15H16N4O4. The highest BCUT2D eigenvalue weighted by Crippen LogP contribution is 2.29. The first-order chi connectivity index (χ1) is 11.0. The topological polar surface area (TPSA) is 135 Å². The van der Waals surface area contributed by atoms with Crippen LogP contribution in [-0.4, -0.2) is 26.7 Å². The number of nitro groups is 1. The smallest absolute Gasteiger partial charge is 0.309 e. The number of hydrogen-bond donors (Lipinski definition) is 3. The molecular weight excluding hydrogens is 300 g/mol. The molecule has 8 heteroatoms. The predicted molar refractivity (Wildman–Crippen MR) is 85.2 cm³/mol. The number of aromatic amines is 1. The van der Waals surface area contributed by atoms with Crippen LogP contribution in [0.3, 0.4) is 0 Å². The summed E-state index contributed by atoms with van der Waals surface area (Å²) in [5.41, 5.74) is 3.11. The number of nitrogens with two attached hydrogens (primary N) is 1. The van der Waals surface area contributed by atoms with Crippen molar-refractivity contribution in [3.05, 3.63) is 51.8 Å². The molecule has 0 atom stereocenters. The normalized spacial score (nSPS) is 11.4. The number of hydrazone groups is 1. The number of nitrogens with one attached hydrogen (secondary N) is 1. The summed E-state index contributed by atoms with van der Waals surface area (Å²) in [5, 5.41) is 23.5. The number of aliphatic carboxylic acids is 1. The average Bonchev–Trinajstić information content (AvgIpc) is 2.92. The van der Waals surface area contributed by atoms with E-state index in [9.17, 15) is 14.9 Å². The van der Waals surface area contributed by atoms with E-state index < -0.39 is 10.9 Å². The van der Waals surface area contributed by atoms with Gasteiger partial charge < -0.3 is 15.9 Å². The third-order valence-corrected chi connectivity index (χ3v) is 3.46. The van der Waals surface area contributed by atoms with Gasteiger partial charge in [-0.3, -0.25) is 14.9 Å².